The smallest absolute Gasteiger partial charge is 0.227 e. The van der Waals surface area contributed by atoms with Crippen molar-refractivity contribution in [1.29, 1.82) is 0 Å². The van der Waals surface area contributed by atoms with E-state index in [1.165, 1.54) is 0 Å². The third kappa shape index (κ3) is 3.48. The number of rotatable bonds is 3. The second-order valence-electron chi connectivity index (χ2n) is 5.34. The first-order valence-corrected chi connectivity index (χ1v) is 7.21. The molecule has 1 fully saturated rings. The van der Waals surface area contributed by atoms with Crippen molar-refractivity contribution in [1.82, 2.24) is 4.90 Å². The van der Waals surface area contributed by atoms with E-state index in [0.29, 0.717) is 11.6 Å². The van der Waals surface area contributed by atoms with Gasteiger partial charge in [0.25, 0.3) is 0 Å². The molecule has 1 aliphatic rings. The molecule has 1 aliphatic carbocycles. The van der Waals surface area contributed by atoms with E-state index in [9.17, 15) is 4.79 Å². The Morgan fingerprint density at radius 1 is 1.37 bits per heavy atom. The number of hydrogen-bond acceptors (Lipinski definition) is 2. The molecule has 0 aromatic heterocycles. The minimum absolute atomic E-state index is 0.00921. The molecule has 3 nitrogen and oxygen atoms in total. The van der Waals surface area contributed by atoms with Crippen LogP contribution in [0.5, 0.6) is 0 Å². The van der Waals surface area contributed by atoms with Crippen LogP contribution in [0.2, 0.25) is 5.02 Å². The maximum Gasteiger partial charge on any atom is 0.227 e. The van der Waals surface area contributed by atoms with Crippen LogP contribution < -0.4 is 5.73 Å². The van der Waals surface area contributed by atoms with Gasteiger partial charge in [-0.3, -0.25) is 4.79 Å². The molecule has 19 heavy (non-hydrogen) atoms. The SMILES string of the molecule is CN(Cc1ccccc1Cl)C(=O)C1CCCCC1N. The van der Waals surface area contributed by atoms with Gasteiger partial charge in [0, 0.05) is 24.7 Å². The predicted molar refractivity (Wildman–Crippen MR) is 77.9 cm³/mol. The van der Waals surface area contributed by atoms with Gasteiger partial charge in [-0.15, -0.1) is 0 Å². The normalized spacial score (nSPS) is 23.1. The molecule has 1 saturated carbocycles. The van der Waals surface area contributed by atoms with Crippen molar-refractivity contribution in [2.24, 2.45) is 11.7 Å². The summed E-state index contributed by atoms with van der Waals surface area (Å²) in [4.78, 5) is 14.2. The van der Waals surface area contributed by atoms with Crippen LogP contribution in [0.3, 0.4) is 0 Å². The fraction of sp³-hybridized carbons (Fsp3) is 0.533. The Morgan fingerprint density at radius 2 is 2.05 bits per heavy atom. The van der Waals surface area contributed by atoms with Gasteiger partial charge in [-0.25, -0.2) is 0 Å². The molecule has 0 spiro atoms. The lowest BCUT2D eigenvalue weighted by atomic mass is 9.84. The van der Waals surface area contributed by atoms with E-state index in [2.05, 4.69) is 0 Å². The zero-order valence-electron chi connectivity index (χ0n) is 11.3. The van der Waals surface area contributed by atoms with Crippen LogP contribution in [0, 0.1) is 5.92 Å². The topological polar surface area (TPSA) is 46.3 Å². The molecule has 0 heterocycles. The second-order valence-corrected chi connectivity index (χ2v) is 5.75. The number of nitrogens with zero attached hydrogens (tertiary/aromatic N) is 1. The summed E-state index contributed by atoms with van der Waals surface area (Å²) >= 11 is 6.12. The zero-order valence-corrected chi connectivity index (χ0v) is 12.1. The van der Waals surface area contributed by atoms with Crippen LogP contribution in [-0.2, 0) is 11.3 Å². The Balaban J connectivity index is 2.01. The molecule has 2 rings (SSSR count). The van der Waals surface area contributed by atoms with E-state index in [1.807, 2.05) is 31.3 Å². The number of benzene rings is 1. The van der Waals surface area contributed by atoms with Crippen molar-refractivity contribution in [2.75, 3.05) is 7.05 Å². The monoisotopic (exact) mass is 280 g/mol. The standard InChI is InChI=1S/C15H21ClN2O/c1-18(10-11-6-2-4-8-13(11)16)15(19)12-7-3-5-9-14(12)17/h2,4,6,8,12,14H,3,5,7,9-10,17H2,1H3. The third-order valence-electron chi connectivity index (χ3n) is 3.88. The summed E-state index contributed by atoms with van der Waals surface area (Å²) in [6.07, 6.45) is 4.10. The summed E-state index contributed by atoms with van der Waals surface area (Å²) in [6, 6.07) is 7.64. The highest BCUT2D eigenvalue weighted by molar-refractivity contribution is 6.31. The molecule has 0 saturated heterocycles. The van der Waals surface area contributed by atoms with Crippen molar-refractivity contribution in [3.05, 3.63) is 34.9 Å². The first kappa shape index (κ1) is 14.4. The van der Waals surface area contributed by atoms with E-state index < -0.39 is 0 Å². The van der Waals surface area contributed by atoms with Crippen LogP contribution in [-0.4, -0.2) is 23.9 Å². The quantitative estimate of drug-likeness (QED) is 0.925. The van der Waals surface area contributed by atoms with Gasteiger partial charge in [-0.1, -0.05) is 42.6 Å². The highest BCUT2D eigenvalue weighted by Gasteiger charge is 2.30. The lowest BCUT2D eigenvalue weighted by Crippen LogP contribution is -2.44. The molecule has 0 bridgehead atoms. The zero-order chi connectivity index (χ0) is 13.8. The maximum atomic E-state index is 12.4. The highest BCUT2D eigenvalue weighted by Crippen LogP contribution is 2.25. The van der Waals surface area contributed by atoms with Gasteiger partial charge in [-0.05, 0) is 24.5 Å². The molecular formula is C15H21ClN2O. The van der Waals surface area contributed by atoms with Crippen LogP contribution in [0.1, 0.15) is 31.2 Å². The van der Waals surface area contributed by atoms with Crippen LogP contribution in [0.4, 0.5) is 0 Å². The van der Waals surface area contributed by atoms with Gasteiger partial charge in [-0.2, -0.15) is 0 Å². The predicted octanol–water partition coefficient (Wildman–Crippen LogP) is 2.82. The fourth-order valence-electron chi connectivity index (χ4n) is 2.71. The van der Waals surface area contributed by atoms with Gasteiger partial charge < -0.3 is 10.6 Å². The summed E-state index contributed by atoms with van der Waals surface area (Å²) in [5.41, 5.74) is 7.04. The van der Waals surface area contributed by atoms with Crippen molar-refractivity contribution in [3.8, 4) is 0 Å². The molecule has 0 aliphatic heterocycles. The number of hydrogen-bond donors (Lipinski definition) is 1. The molecule has 0 radical (unpaired) electrons. The minimum Gasteiger partial charge on any atom is -0.341 e. The molecule has 1 amide bonds. The van der Waals surface area contributed by atoms with Gasteiger partial charge in [0.1, 0.15) is 0 Å². The van der Waals surface area contributed by atoms with Crippen molar-refractivity contribution < 1.29 is 4.79 Å². The lowest BCUT2D eigenvalue weighted by molar-refractivity contribution is -0.136. The molecule has 1 aromatic carbocycles. The van der Waals surface area contributed by atoms with E-state index in [1.54, 1.807) is 4.90 Å². The molecule has 104 valence electrons. The highest BCUT2D eigenvalue weighted by atomic mass is 35.5. The van der Waals surface area contributed by atoms with E-state index >= 15 is 0 Å². The Labute approximate surface area is 119 Å². The van der Waals surface area contributed by atoms with E-state index in [0.717, 1.165) is 31.2 Å². The van der Waals surface area contributed by atoms with E-state index in [-0.39, 0.29) is 17.9 Å². The first-order valence-electron chi connectivity index (χ1n) is 6.83. The third-order valence-corrected chi connectivity index (χ3v) is 4.25. The molecule has 2 N–H and O–H groups in total. The number of amides is 1. The van der Waals surface area contributed by atoms with Crippen molar-refractivity contribution in [3.63, 3.8) is 0 Å². The average molecular weight is 281 g/mol. The van der Waals surface area contributed by atoms with Crippen LogP contribution in [0.25, 0.3) is 0 Å². The molecular weight excluding hydrogens is 260 g/mol. The summed E-state index contributed by atoms with van der Waals surface area (Å²) in [6.45, 7) is 0.543. The molecule has 2 atom stereocenters. The number of halogens is 1. The molecule has 4 heteroatoms. The van der Waals surface area contributed by atoms with Gasteiger partial charge in [0.05, 0.1) is 5.92 Å². The van der Waals surface area contributed by atoms with Gasteiger partial charge in [0.15, 0.2) is 0 Å². The maximum absolute atomic E-state index is 12.4. The number of carbonyl (C=O) groups is 1. The summed E-state index contributed by atoms with van der Waals surface area (Å²) in [7, 11) is 1.83. The average Bonchev–Trinajstić information content (AvgIpc) is 2.41. The molecule has 2 unspecified atom stereocenters. The summed E-state index contributed by atoms with van der Waals surface area (Å²) in [5.74, 6) is 0.119. The number of nitrogens with two attached hydrogens (primary N) is 1. The Hall–Kier alpha value is -1.06. The first-order chi connectivity index (χ1) is 9.09. The Morgan fingerprint density at radius 3 is 2.74 bits per heavy atom. The number of carbonyl (C=O) groups excluding carboxylic acids is 1. The Bertz CT molecular complexity index is 450. The van der Waals surface area contributed by atoms with Crippen LogP contribution in [0.15, 0.2) is 24.3 Å². The summed E-state index contributed by atoms with van der Waals surface area (Å²) in [5, 5.41) is 0.704. The van der Waals surface area contributed by atoms with Gasteiger partial charge >= 0.3 is 0 Å². The van der Waals surface area contributed by atoms with E-state index in [4.69, 9.17) is 17.3 Å². The minimum atomic E-state index is -0.0266. The van der Waals surface area contributed by atoms with Crippen molar-refractivity contribution >= 4 is 17.5 Å². The van der Waals surface area contributed by atoms with Crippen LogP contribution >= 0.6 is 11.6 Å². The Kier molecular flexibility index (Phi) is 4.83. The largest absolute Gasteiger partial charge is 0.341 e. The van der Waals surface area contributed by atoms with Gasteiger partial charge in [0.2, 0.25) is 5.91 Å². The fourth-order valence-corrected chi connectivity index (χ4v) is 2.90. The van der Waals surface area contributed by atoms with Crippen molar-refractivity contribution in [2.45, 2.75) is 38.3 Å². The lowest BCUT2D eigenvalue weighted by Gasteiger charge is -2.31. The summed E-state index contributed by atoms with van der Waals surface area (Å²) < 4.78 is 0. The second kappa shape index (κ2) is 6.40. The molecule has 1 aromatic rings.